The van der Waals surface area contributed by atoms with Crippen LogP contribution in [0, 0.1) is 18.8 Å². The van der Waals surface area contributed by atoms with Gasteiger partial charge in [-0.15, -0.1) is 0 Å². The van der Waals surface area contributed by atoms with Gasteiger partial charge in [-0.3, -0.25) is 4.79 Å². The zero-order chi connectivity index (χ0) is 28.6. The van der Waals surface area contributed by atoms with Crippen LogP contribution in [0.25, 0.3) is 5.57 Å². The third kappa shape index (κ3) is 9.84. The van der Waals surface area contributed by atoms with Gasteiger partial charge in [0, 0.05) is 42.5 Å². The molecule has 1 saturated carbocycles. The number of benzene rings is 1. The average Bonchev–Trinajstić information content (AvgIpc) is 3.68. The number of anilines is 2. The lowest BCUT2D eigenvalue weighted by Crippen LogP contribution is -2.29. The number of carbonyl (C=O) groups is 1. The number of rotatable bonds is 15. The molecule has 1 aromatic heterocycles. The summed E-state index contributed by atoms with van der Waals surface area (Å²) in [6, 6.07) is 7.87. The predicted molar refractivity (Wildman–Crippen MR) is 161 cm³/mol. The van der Waals surface area contributed by atoms with Crippen LogP contribution >= 0.6 is 0 Å². The zero-order valence-corrected chi connectivity index (χ0v) is 24.6. The molecule has 8 heteroatoms. The van der Waals surface area contributed by atoms with Crippen LogP contribution in [0.1, 0.15) is 100 Å². The first-order valence-electron chi connectivity index (χ1n) is 14.4. The van der Waals surface area contributed by atoms with Gasteiger partial charge < -0.3 is 26.8 Å². The van der Waals surface area contributed by atoms with E-state index in [2.05, 4.69) is 36.7 Å². The van der Waals surface area contributed by atoms with E-state index in [0.717, 1.165) is 43.4 Å². The van der Waals surface area contributed by atoms with E-state index in [0.29, 0.717) is 53.0 Å². The smallest absolute Gasteiger partial charge is 0.251 e. The molecule has 8 nitrogen and oxygen atoms in total. The summed E-state index contributed by atoms with van der Waals surface area (Å²) >= 11 is 0. The minimum Gasteiger partial charge on any atom is -0.404 e. The number of aliphatic hydroxyl groups is 1. The first kappa shape index (κ1) is 30.4. The number of hydrogen-bond acceptors (Lipinski definition) is 7. The Morgan fingerprint density at radius 3 is 2.38 bits per heavy atom. The SMILES string of the molecule is CCCC(CCC(C)C)CNc1cc(NCC(C)(C)O)nc(C(=CN)c2ccc(C(=O)NC3CC3)c(C)c2)n1. The third-order valence-corrected chi connectivity index (χ3v) is 6.95. The monoisotopic (exact) mass is 536 g/mol. The highest BCUT2D eigenvalue weighted by Crippen LogP contribution is 2.27. The molecule has 1 unspecified atom stereocenters. The summed E-state index contributed by atoms with van der Waals surface area (Å²) in [6.07, 6.45) is 8.29. The summed E-state index contributed by atoms with van der Waals surface area (Å²) in [5.74, 6) is 2.99. The number of nitrogens with one attached hydrogen (secondary N) is 3. The molecule has 0 aliphatic heterocycles. The molecule has 3 rings (SSSR count). The lowest BCUT2D eigenvalue weighted by molar-refractivity contribution is 0.0939. The highest BCUT2D eigenvalue weighted by Gasteiger charge is 2.25. The van der Waals surface area contributed by atoms with Crippen molar-refractivity contribution in [3.63, 3.8) is 0 Å². The lowest BCUT2D eigenvalue weighted by Gasteiger charge is -2.21. The first-order valence-corrected chi connectivity index (χ1v) is 14.4. The van der Waals surface area contributed by atoms with E-state index in [9.17, 15) is 9.90 Å². The Balaban J connectivity index is 1.87. The third-order valence-electron chi connectivity index (χ3n) is 6.95. The van der Waals surface area contributed by atoms with Crippen LogP contribution in [0.2, 0.25) is 0 Å². The number of aryl methyl sites for hydroxylation is 1. The predicted octanol–water partition coefficient (Wildman–Crippen LogP) is 5.47. The van der Waals surface area contributed by atoms with Crippen molar-refractivity contribution in [3.8, 4) is 0 Å². The van der Waals surface area contributed by atoms with E-state index in [4.69, 9.17) is 15.7 Å². The van der Waals surface area contributed by atoms with Crippen LogP contribution in [-0.2, 0) is 0 Å². The Kier molecular flexibility index (Phi) is 10.7. The highest BCUT2D eigenvalue weighted by molar-refractivity contribution is 5.96. The second-order valence-corrected chi connectivity index (χ2v) is 12.0. The summed E-state index contributed by atoms with van der Waals surface area (Å²) in [4.78, 5) is 22.2. The Hall–Kier alpha value is -3.13. The van der Waals surface area contributed by atoms with Crippen molar-refractivity contribution in [2.45, 2.75) is 91.7 Å². The summed E-state index contributed by atoms with van der Waals surface area (Å²) in [7, 11) is 0. The fourth-order valence-electron chi connectivity index (χ4n) is 4.51. The van der Waals surface area contributed by atoms with Gasteiger partial charge in [0.2, 0.25) is 0 Å². The van der Waals surface area contributed by atoms with Crippen LogP contribution in [0.4, 0.5) is 11.6 Å². The molecule has 1 amide bonds. The van der Waals surface area contributed by atoms with Gasteiger partial charge in [0.15, 0.2) is 5.82 Å². The van der Waals surface area contributed by atoms with Crippen molar-refractivity contribution < 1.29 is 9.90 Å². The maximum atomic E-state index is 12.6. The molecule has 2 aromatic rings. The lowest BCUT2D eigenvalue weighted by atomic mass is 9.94. The minimum absolute atomic E-state index is 0.0421. The molecule has 1 atom stereocenters. The van der Waals surface area contributed by atoms with Gasteiger partial charge in [-0.05, 0) is 75.5 Å². The molecule has 0 spiro atoms. The van der Waals surface area contributed by atoms with Gasteiger partial charge in [-0.1, -0.05) is 45.7 Å². The van der Waals surface area contributed by atoms with Crippen LogP contribution in [0.3, 0.4) is 0 Å². The maximum Gasteiger partial charge on any atom is 0.251 e. The Morgan fingerprint density at radius 2 is 1.82 bits per heavy atom. The highest BCUT2D eigenvalue weighted by atomic mass is 16.3. The molecule has 39 heavy (non-hydrogen) atoms. The molecule has 1 aromatic carbocycles. The summed E-state index contributed by atoms with van der Waals surface area (Å²) in [6.45, 7) is 13.4. The van der Waals surface area contributed by atoms with Gasteiger partial charge in [0.05, 0.1) is 5.60 Å². The Labute approximate surface area is 234 Å². The van der Waals surface area contributed by atoms with Crippen LogP contribution in [-0.4, -0.2) is 45.7 Å². The van der Waals surface area contributed by atoms with Gasteiger partial charge in [-0.25, -0.2) is 9.97 Å². The quantitative estimate of drug-likeness (QED) is 0.204. The Bertz CT molecular complexity index is 1130. The maximum absolute atomic E-state index is 12.6. The van der Waals surface area contributed by atoms with E-state index in [1.807, 2.05) is 31.2 Å². The van der Waals surface area contributed by atoms with Crippen molar-refractivity contribution in [3.05, 3.63) is 53.0 Å². The number of nitrogens with two attached hydrogens (primary N) is 1. The number of hydrogen-bond donors (Lipinski definition) is 5. The molecule has 1 heterocycles. The summed E-state index contributed by atoms with van der Waals surface area (Å²) in [5, 5.41) is 20.1. The molecule has 1 fully saturated rings. The van der Waals surface area contributed by atoms with Crippen LogP contribution in [0.5, 0.6) is 0 Å². The molecule has 214 valence electrons. The zero-order valence-electron chi connectivity index (χ0n) is 24.6. The van der Waals surface area contributed by atoms with E-state index in [1.54, 1.807) is 13.8 Å². The van der Waals surface area contributed by atoms with Crippen molar-refractivity contribution in [2.24, 2.45) is 17.6 Å². The van der Waals surface area contributed by atoms with Crippen LogP contribution in [0.15, 0.2) is 30.5 Å². The molecule has 6 N–H and O–H groups in total. The minimum atomic E-state index is -0.901. The largest absolute Gasteiger partial charge is 0.404 e. The standard InChI is InChI=1S/C31H48N6O2/c1-7-8-22(10-9-20(2)3)18-33-27-16-28(34-19-31(5,6)39)37-29(36-27)26(17-32)23-11-14-25(21(4)15-23)30(38)35-24-12-13-24/h11,14-17,20,22,24,39H,7-10,12-13,18-19,32H2,1-6H3,(H,35,38)(H2,33,34,36,37). The molecular formula is C31H48N6O2. The van der Waals surface area contributed by atoms with Crippen molar-refractivity contribution >= 4 is 23.1 Å². The van der Waals surface area contributed by atoms with E-state index in [-0.39, 0.29) is 5.91 Å². The first-order chi connectivity index (χ1) is 18.5. The summed E-state index contributed by atoms with van der Waals surface area (Å²) in [5.41, 5.74) is 8.27. The normalized spacial score (nSPS) is 14.8. The van der Waals surface area contributed by atoms with Gasteiger partial charge >= 0.3 is 0 Å². The fraction of sp³-hybridized carbons (Fsp3) is 0.581. The van der Waals surface area contributed by atoms with Crippen molar-refractivity contribution in [1.29, 1.82) is 0 Å². The topological polar surface area (TPSA) is 125 Å². The number of nitrogens with zero attached hydrogens (tertiary/aromatic N) is 2. The Morgan fingerprint density at radius 1 is 1.13 bits per heavy atom. The molecule has 0 bridgehead atoms. The van der Waals surface area contributed by atoms with Crippen molar-refractivity contribution in [1.82, 2.24) is 15.3 Å². The second-order valence-electron chi connectivity index (χ2n) is 12.0. The molecule has 1 aliphatic rings. The molecular weight excluding hydrogens is 488 g/mol. The van der Waals surface area contributed by atoms with Crippen LogP contribution < -0.4 is 21.7 Å². The van der Waals surface area contributed by atoms with E-state index < -0.39 is 5.60 Å². The average molecular weight is 537 g/mol. The molecule has 0 radical (unpaired) electrons. The van der Waals surface area contributed by atoms with E-state index >= 15 is 0 Å². The molecule has 0 saturated heterocycles. The van der Waals surface area contributed by atoms with Gasteiger partial charge in [0.25, 0.3) is 5.91 Å². The van der Waals surface area contributed by atoms with E-state index in [1.165, 1.54) is 19.0 Å². The summed E-state index contributed by atoms with van der Waals surface area (Å²) < 4.78 is 0. The number of carbonyl (C=O) groups excluding carboxylic acids is 1. The number of amides is 1. The fourth-order valence-corrected chi connectivity index (χ4v) is 4.51. The van der Waals surface area contributed by atoms with Crippen molar-refractivity contribution in [2.75, 3.05) is 23.7 Å². The van der Waals surface area contributed by atoms with Gasteiger partial charge in [0.1, 0.15) is 11.6 Å². The number of aromatic nitrogens is 2. The van der Waals surface area contributed by atoms with Gasteiger partial charge in [-0.2, -0.15) is 0 Å². The second kappa shape index (κ2) is 13.8. The molecule has 1 aliphatic carbocycles.